The summed E-state index contributed by atoms with van der Waals surface area (Å²) in [5.41, 5.74) is 2.08. The largest absolute Gasteiger partial charge is 0.352 e. The summed E-state index contributed by atoms with van der Waals surface area (Å²) < 4.78 is 0. The van der Waals surface area contributed by atoms with Gasteiger partial charge in [0, 0.05) is 23.7 Å². The summed E-state index contributed by atoms with van der Waals surface area (Å²) in [6.45, 7) is 4.55. The van der Waals surface area contributed by atoms with Gasteiger partial charge in [-0.2, -0.15) is 5.10 Å². The number of aryl methyl sites for hydroxylation is 1. The van der Waals surface area contributed by atoms with E-state index >= 15 is 0 Å². The van der Waals surface area contributed by atoms with E-state index in [1.54, 1.807) is 6.20 Å². The minimum absolute atomic E-state index is 0.164. The number of nitrogens with one attached hydrogen (secondary N) is 2. The molecule has 2 N–H and O–H groups in total. The number of rotatable bonds is 4. The van der Waals surface area contributed by atoms with E-state index < -0.39 is 0 Å². The van der Waals surface area contributed by atoms with Crippen molar-refractivity contribution in [3.05, 3.63) is 17.5 Å². The van der Waals surface area contributed by atoms with E-state index in [4.69, 9.17) is 0 Å². The van der Waals surface area contributed by atoms with Crippen molar-refractivity contribution in [3.8, 4) is 0 Å². The van der Waals surface area contributed by atoms with Gasteiger partial charge in [-0.3, -0.25) is 9.89 Å². The van der Waals surface area contributed by atoms with Crippen LogP contribution in [-0.4, -0.2) is 16.1 Å². The summed E-state index contributed by atoms with van der Waals surface area (Å²) in [6.07, 6.45) is 4.18. The fourth-order valence-electron chi connectivity index (χ4n) is 1.71. The zero-order valence-electron chi connectivity index (χ0n) is 9.21. The molecular weight excluding hydrogens is 190 g/mol. The second kappa shape index (κ2) is 4.04. The van der Waals surface area contributed by atoms with Gasteiger partial charge in [0.2, 0.25) is 5.91 Å². The van der Waals surface area contributed by atoms with Gasteiger partial charge >= 0.3 is 0 Å². The fourth-order valence-corrected chi connectivity index (χ4v) is 1.71. The Hall–Kier alpha value is -1.32. The Kier molecular flexibility index (Phi) is 2.75. The highest BCUT2D eigenvalue weighted by atomic mass is 16.1. The van der Waals surface area contributed by atoms with Crippen molar-refractivity contribution in [1.82, 2.24) is 15.5 Å². The zero-order valence-corrected chi connectivity index (χ0v) is 9.21. The van der Waals surface area contributed by atoms with Crippen LogP contribution < -0.4 is 5.32 Å². The van der Waals surface area contributed by atoms with Crippen molar-refractivity contribution in [3.63, 3.8) is 0 Å². The van der Waals surface area contributed by atoms with Gasteiger partial charge in [-0.1, -0.05) is 6.92 Å². The van der Waals surface area contributed by atoms with Crippen molar-refractivity contribution < 1.29 is 4.79 Å². The molecule has 0 spiro atoms. The van der Waals surface area contributed by atoms with Crippen LogP contribution in [0.2, 0.25) is 0 Å². The highest BCUT2D eigenvalue weighted by Crippen LogP contribution is 2.36. The predicted octanol–water partition coefficient (Wildman–Crippen LogP) is 1.38. The molecule has 0 bridgehead atoms. The first-order chi connectivity index (χ1) is 7.18. The lowest BCUT2D eigenvalue weighted by Gasteiger charge is -2.10. The Morgan fingerprint density at radius 1 is 1.73 bits per heavy atom. The maximum Gasteiger partial charge on any atom is 0.223 e. The normalized spacial score (nSPS) is 17.5. The molecule has 1 atom stereocenters. The minimum Gasteiger partial charge on any atom is -0.352 e. The van der Waals surface area contributed by atoms with Crippen molar-refractivity contribution >= 4 is 5.91 Å². The molecule has 15 heavy (non-hydrogen) atoms. The Morgan fingerprint density at radius 3 is 3.00 bits per heavy atom. The van der Waals surface area contributed by atoms with Crippen molar-refractivity contribution in [2.24, 2.45) is 11.8 Å². The highest BCUT2D eigenvalue weighted by Gasteiger charge is 2.32. The average molecular weight is 207 g/mol. The third-order valence-corrected chi connectivity index (χ3v) is 3.13. The molecule has 1 heterocycles. The molecule has 1 amide bonds. The quantitative estimate of drug-likeness (QED) is 0.783. The number of carbonyl (C=O) groups is 1. The smallest absolute Gasteiger partial charge is 0.223 e. The molecule has 0 aromatic carbocycles. The third-order valence-electron chi connectivity index (χ3n) is 3.13. The number of hydrogen-bond acceptors (Lipinski definition) is 2. The van der Waals surface area contributed by atoms with E-state index in [-0.39, 0.29) is 11.8 Å². The molecule has 0 saturated heterocycles. The molecule has 0 aliphatic heterocycles. The van der Waals surface area contributed by atoms with E-state index in [9.17, 15) is 4.79 Å². The van der Waals surface area contributed by atoms with E-state index in [1.165, 1.54) is 12.8 Å². The molecule has 1 aromatic rings. The molecule has 4 nitrogen and oxygen atoms in total. The Morgan fingerprint density at radius 2 is 2.47 bits per heavy atom. The molecular formula is C11H17N3O. The molecule has 1 aliphatic rings. The number of nitrogens with zero attached hydrogens (tertiary/aromatic N) is 1. The number of H-pyrrole nitrogens is 1. The molecule has 2 rings (SSSR count). The monoisotopic (exact) mass is 207 g/mol. The van der Waals surface area contributed by atoms with Crippen molar-refractivity contribution in [1.29, 1.82) is 0 Å². The van der Waals surface area contributed by atoms with Gasteiger partial charge in [0.25, 0.3) is 0 Å². The number of aromatic nitrogens is 2. The lowest BCUT2D eigenvalue weighted by molar-refractivity contribution is -0.125. The maximum absolute atomic E-state index is 11.7. The highest BCUT2D eigenvalue weighted by molar-refractivity contribution is 5.78. The summed E-state index contributed by atoms with van der Waals surface area (Å²) in [7, 11) is 0. The van der Waals surface area contributed by atoms with Gasteiger partial charge < -0.3 is 5.32 Å². The molecule has 1 aliphatic carbocycles. The molecule has 1 fully saturated rings. The summed E-state index contributed by atoms with van der Waals surface area (Å²) in [4.78, 5) is 11.7. The van der Waals surface area contributed by atoms with Gasteiger partial charge in [-0.25, -0.2) is 0 Å². The number of hydrogen-bond donors (Lipinski definition) is 2. The third kappa shape index (κ3) is 2.37. The Bertz CT molecular complexity index is 354. The van der Waals surface area contributed by atoms with Gasteiger partial charge in [0.1, 0.15) is 0 Å². The van der Waals surface area contributed by atoms with Gasteiger partial charge in [-0.05, 0) is 25.7 Å². The topological polar surface area (TPSA) is 57.8 Å². The second-order valence-corrected chi connectivity index (χ2v) is 4.36. The predicted molar refractivity (Wildman–Crippen MR) is 57.1 cm³/mol. The Balaban J connectivity index is 1.82. The summed E-state index contributed by atoms with van der Waals surface area (Å²) in [5.74, 6) is 0.950. The second-order valence-electron chi connectivity index (χ2n) is 4.36. The van der Waals surface area contributed by atoms with Crippen LogP contribution in [0.25, 0.3) is 0 Å². The first kappa shape index (κ1) is 10.2. The molecule has 1 aromatic heterocycles. The number of aromatic amines is 1. The van der Waals surface area contributed by atoms with Crippen LogP contribution in [0.4, 0.5) is 0 Å². The van der Waals surface area contributed by atoms with Crippen LogP contribution in [-0.2, 0) is 11.3 Å². The van der Waals surface area contributed by atoms with Crippen molar-refractivity contribution in [2.75, 3.05) is 0 Å². The molecule has 1 unspecified atom stereocenters. The lowest BCUT2D eigenvalue weighted by atomic mass is 10.1. The van der Waals surface area contributed by atoms with E-state index in [2.05, 4.69) is 15.5 Å². The van der Waals surface area contributed by atoms with Crippen LogP contribution in [0.1, 0.15) is 31.0 Å². The van der Waals surface area contributed by atoms with Crippen LogP contribution >= 0.6 is 0 Å². The van der Waals surface area contributed by atoms with Gasteiger partial charge in [0.05, 0.1) is 6.20 Å². The van der Waals surface area contributed by atoms with Crippen LogP contribution in [0.3, 0.4) is 0 Å². The molecule has 0 radical (unpaired) electrons. The zero-order chi connectivity index (χ0) is 10.8. The number of amides is 1. The van der Waals surface area contributed by atoms with E-state index in [0.717, 1.165) is 11.3 Å². The maximum atomic E-state index is 11.7. The lowest BCUT2D eigenvalue weighted by Crippen LogP contribution is -2.29. The minimum atomic E-state index is 0.164. The summed E-state index contributed by atoms with van der Waals surface area (Å²) >= 11 is 0. The van der Waals surface area contributed by atoms with Crippen LogP contribution in [0, 0.1) is 18.8 Å². The first-order valence-electron chi connectivity index (χ1n) is 5.45. The van der Waals surface area contributed by atoms with Gasteiger partial charge in [-0.15, -0.1) is 0 Å². The molecule has 1 saturated carbocycles. The summed E-state index contributed by atoms with van der Waals surface area (Å²) in [5, 5.41) is 9.72. The van der Waals surface area contributed by atoms with Crippen LogP contribution in [0.15, 0.2) is 6.20 Å². The SMILES string of the molecule is Cc1[nH]ncc1CNC(=O)C(C)C1CC1. The Labute approximate surface area is 89.5 Å². The molecule has 4 heteroatoms. The van der Waals surface area contributed by atoms with E-state index in [1.807, 2.05) is 13.8 Å². The fraction of sp³-hybridized carbons (Fsp3) is 0.636. The van der Waals surface area contributed by atoms with Gasteiger partial charge in [0.15, 0.2) is 0 Å². The standard InChI is InChI=1S/C11H17N3O/c1-7(9-3-4-9)11(15)12-5-10-6-13-14-8(10)2/h6-7,9H,3-5H2,1-2H3,(H,12,15)(H,13,14). The summed E-state index contributed by atoms with van der Waals surface area (Å²) in [6, 6.07) is 0. The molecule has 82 valence electrons. The van der Waals surface area contributed by atoms with Crippen LogP contribution in [0.5, 0.6) is 0 Å². The van der Waals surface area contributed by atoms with E-state index in [0.29, 0.717) is 12.5 Å². The first-order valence-corrected chi connectivity index (χ1v) is 5.45. The average Bonchev–Trinajstić information content (AvgIpc) is 2.99. The van der Waals surface area contributed by atoms with Crippen molar-refractivity contribution in [2.45, 2.75) is 33.2 Å². The number of carbonyl (C=O) groups excluding carboxylic acids is 1.